The van der Waals surface area contributed by atoms with Crippen LogP contribution in [0.2, 0.25) is 0 Å². The molecule has 17 heavy (non-hydrogen) atoms. The minimum absolute atomic E-state index is 0.0509. The molecule has 1 aromatic carbocycles. The second-order valence-electron chi connectivity index (χ2n) is 4.09. The summed E-state index contributed by atoms with van der Waals surface area (Å²) >= 11 is 0. The Morgan fingerprint density at radius 1 is 1.12 bits per heavy atom. The molecule has 0 saturated carbocycles. The lowest BCUT2D eigenvalue weighted by Crippen LogP contribution is -2.48. The number of benzene rings is 1. The number of nitrogens with zero attached hydrogens (tertiary/aromatic N) is 2. The van der Waals surface area contributed by atoms with Crippen molar-refractivity contribution in [2.45, 2.75) is 6.92 Å². The molecular formula is C12H14F2N2O. The largest absolute Gasteiger partial charge is 0.368 e. The van der Waals surface area contributed by atoms with E-state index in [0.29, 0.717) is 31.9 Å². The van der Waals surface area contributed by atoms with E-state index in [1.54, 1.807) is 11.0 Å². The van der Waals surface area contributed by atoms with Crippen LogP contribution >= 0.6 is 0 Å². The van der Waals surface area contributed by atoms with E-state index in [4.69, 9.17) is 0 Å². The highest BCUT2D eigenvalue weighted by atomic mass is 19.2. The highest BCUT2D eigenvalue weighted by Gasteiger charge is 2.19. The molecule has 3 nitrogen and oxygen atoms in total. The summed E-state index contributed by atoms with van der Waals surface area (Å²) in [6.45, 7) is 4.06. The van der Waals surface area contributed by atoms with Crippen LogP contribution in [0.3, 0.4) is 0 Å². The van der Waals surface area contributed by atoms with Crippen molar-refractivity contribution in [3.63, 3.8) is 0 Å². The van der Waals surface area contributed by atoms with Gasteiger partial charge in [0.2, 0.25) is 5.91 Å². The van der Waals surface area contributed by atoms with Gasteiger partial charge in [0.05, 0.1) is 0 Å². The standard InChI is InChI=1S/C12H14F2N2O/c1-9(17)15-4-6-16(7-5-15)10-2-3-11(13)12(14)8-10/h2-3,8H,4-7H2,1H3. The number of hydrogen-bond donors (Lipinski definition) is 0. The number of rotatable bonds is 1. The Labute approximate surface area is 98.6 Å². The van der Waals surface area contributed by atoms with Gasteiger partial charge < -0.3 is 9.80 Å². The van der Waals surface area contributed by atoms with Gasteiger partial charge >= 0.3 is 0 Å². The SMILES string of the molecule is CC(=O)N1CCN(c2ccc(F)c(F)c2)CC1. The maximum absolute atomic E-state index is 13.1. The minimum atomic E-state index is -0.837. The lowest BCUT2D eigenvalue weighted by atomic mass is 10.2. The predicted octanol–water partition coefficient (Wildman–Crippen LogP) is 1.63. The quantitative estimate of drug-likeness (QED) is 0.745. The van der Waals surface area contributed by atoms with E-state index in [-0.39, 0.29) is 5.91 Å². The molecule has 0 bridgehead atoms. The van der Waals surface area contributed by atoms with Gasteiger partial charge in [0.1, 0.15) is 0 Å². The van der Waals surface area contributed by atoms with Gasteiger partial charge in [-0.2, -0.15) is 0 Å². The van der Waals surface area contributed by atoms with Crippen molar-refractivity contribution in [3.8, 4) is 0 Å². The average molecular weight is 240 g/mol. The zero-order valence-electron chi connectivity index (χ0n) is 9.62. The number of carbonyl (C=O) groups is 1. The maximum atomic E-state index is 13.1. The van der Waals surface area contributed by atoms with Gasteiger partial charge in [-0.1, -0.05) is 0 Å². The normalized spacial score (nSPS) is 16.2. The Morgan fingerprint density at radius 2 is 1.76 bits per heavy atom. The van der Waals surface area contributed by atoms with Crippen molar-refractivity contribution >= 4 is 11.6 Å². The van der Waals surface area contributed by atoms with Crippen LogP contribution in [0, 0.1) is 11.6 Å². The lowest BCUT2D eigenvalue weighted by Gasteiger charge is -2.35. The Balaban J connectivity index is 2.05. The third kappa shape index (κ3) is 2.54. The molecule has 1 aliphatic heterocycles. The summed E-state index contributed by atoms with van der Waals surface area (Å²) in [5.41, 5.74) is 0.659. The molecule has 1 saturated heterocycles. The summed E-state index contributed by atoms with van der Waals surface area (Å²) in [5, 5.41) is 0. The zero-order valence-corrected chi connectivity index (χ0v) is 9.62. The topological polar surface area (TPSA) is 23.6 Å². The van der Waals surface area contributed by atoms with Gasteiger partial charge in [0, 0.05) is 44.9 Å². The smallest absolute Gasteiger partial charge is 0.219 e. The third-order valence-electron chi connectivity index (χ3n) is 2.99. The molecule has 0 spiro atoms. The van der Waals surface area contributed by atoms with Crippen molar-refractivity contribution in [2.75, 3.05) is 31.1 Å². The van der Waals surface area contributed by atoms with Crippen LogP contribution in [0.5, 0.6) is 0 Å². The number of hydrogen-bond acceptors (Lipinski definition) is 2. The fraction of sp³-hybridized carbons (Fsp3) is 0.417. The molecule has 2 rings (SSSR count). The summed E-state index contributed by atoms with van der Waals surface area (Å²) < 4.78 is 25.9. The number of piperazine rings is 1. The van der Waals surface area contributed by atoms with Crippen molar-refractivity contribution in [1.82, 2.24) is 4.90 Å². The molecule has 0 radical (unpaired) electrons. The molecule has 1 amide bonds. The fourth-order valence-electron chi connectivity index (χ4n) is 1.96. The van der Waals surface area contributed by atoms with Gasteiger partial charge in [-0.3, -0.25) is 4.79 Å². The van der Waals surface area contributed by atoms with E-state index in [9.17, 15) is 13.6 Å². The van der Waals surface area contributed by atoms with Crippen LogP contribution in [0.25, 0.3) is 0 Å². The van der Waals surface area contributed by atoms with Crippen LogP contribution in [-0.2, 0) is 4.79 Å². The highest BCUT2D eigenvalue weighted by molar-refractivity contribution is 5.73. The number of halogens is 2. The van der Waals surface area contributed by atoms with E-state index in [1.165, 1.54) is 13.0 Å². The molecule has 0 N–H and O–H groups in total. The molecule has 0 aliphatic carbocycles. The first-order chi connectivity index (χ1) is 8.08. The van der Waals surface area contributed by atoms with Crippen molar-refractivity contribution < 1.29 is 13.6 Å². The Bertz CT molecular complexity index is 429. The predicted molar refractivity (Wildman–Crippen MR) is 60.8 cm³/mol. The molecule has 92 valence electrons. The average Bonchev–Trinajstić information content (AvgIpc) is 2.33. The molecule has 1 fully saturated rings. The van der Waals surface area contributed by atoms with E-state index in [1.807, 2.05) is 4.90 Å². The molecule has 0 atom stereocenters. The second kappa shape index (κ2) is 4.69. The first-order valence-corrected chi connectivity index (χ1v) is 5.53. The highest BCUT2D eigenvalue weighted by Crippen LogP contribution is 2.19. The van der Waals surface area contributed by atoms with Gasteiger partial charge in [0.25, 0.3) is 0 Å². The van der Waals surface area contributed by atoms with Gasteiger partial charge in [-0.15, -0.1) is 0 Å². The van der Waals surface area contributed by atoms with E-state index < -0.39 is 11.6 Å². The van der Waals surface area contributed by atoms with Crippen molar-refractivity contribution in [2.24, 2.45) is 0 Å². The summed E-state index contributed by atoms with van der Waals surface area (Å²) in [4.78, 5) is 14.8. The van der Waals surface area contributed by atoms with Crippen LogP contribution in [0.15, 0.2) is 18.2 Å². The van der Waals surface area contributed by atoms with E-state index in [0.717, 1.165) is 6.07 Å². The molecular weight excluding hydrogens is 226 g/mol. The second-order valence-corrected chi connectivity index (χ2v) is 4.09. The Hall–Kier alpha value is -1.65. The molecule has 1 aliphatic rings. The molecule has 1 aromatic rings. The first-order valence-electron chi connectivity index (χ1n) is 5.53. The third-order valence-corrected chi connectivity index (χ3v) is 2.99. The Kier molecular flexibility index (Phi) is 3.26. The van der Waals surface area contributed by atoms with Crippen molar-refractivity contribution in [3.05, 3.63) is 29.8 Å². The Morgan fingerprint density at radius 3 is 2.29 bits per heavy atom. The van der Waals surface area contributed by atoms with E-state index in [2.05, 4.69) is 0 Å². The monoisotopic (exact) mass is 240 g/mol. The molecule has 0 aromatic heterocycles. The van der Waals surface area contributed by atoms with Gasteiger partial charge in [0.15, 0.2) is 11.6 Å². The summed E-state index contributed by atoms with van der Waals surface area (Å²) in [6, 6.07) is 3.88. The van der Waals surface area contributed by atoms with E-state index >= 15 is 0 Å². The number of carbonyl (C=O) groups excluding carboxylic acids is 1. The summed E-state index contributed by atoms with van der Waals surface area (Å²) in [5.74, 6) is -1.62. The minimum Gasteiger partial charge on any atom is -0.368 e. The van der Waals surface area contributed by atoms with Crippen LogP contribution in [0.4, 0.5) is 14.5 Å². The molecule has 0 unspecified atom stereocenters. The van der Waals surface area contributed by atoms with Gasteiger partial charge in [-0.25, -0.2) is 8.78 Å². The summed E-state index contributed by atoms with van der Waals surface area (Å²) in [6.07, 6.45) is 0. The summed E-state index contributed by atoms with van der Waals surface area (Å²) in [7, 11) is 0. The van der Waals surface area contributed by atoms with Crippen molar-refractivity contribution in [1.29, 1.82) is 0 Å². The zero-order chi connectivity index (χ0) is 12.4. The molecule has 5 heteroatoms. The number of amides is 1. The van der Waals surface area contributed by atoms with Crippen LogP contribution in [-0.4, -0.2) is 37.0 Å². The van der Waals surface area contributed by atoms with Crippen LogP contribution in [0.1, 0.15) is 6.92 Å². The van der Waals surface area contributed by atoms with Gasteiger partial charge in [-0.05, 0) is 12.1 Å². The number of anilines is 1. The lowest BCUT2D eigenvalue weighted by molar-refractivity contribution is -0.129. The first kappa shape index (κ1) is 11.8. The maximum Gasteiger partial charge on any atom is 0.219 e. The fourth-order valence-corrected chi connectivity index (χ4v) is 1.96. The van der Waals surface area contributed by atoms with Crippen LogP contribution < -0.4 is 4.90 Å². The molecule has 1 heterocycles.